The molecule has 0 atom stereocenters. The molecule has 4 rings (SSSR count). The number of amides is 1. The van der Waals surface area contributed by atoms with Crippen molar-refractivity contribution in [2.45, 2.75) is 20.3 Å². The van der Waals surface area contributed by atoms with Crippen LogP contribution in [0.25, 0.3) is 21.0 Å². The van der Waals surface area contributed by atoms with Gasteiger partial charge < -0.3 is 4.90 Å². The summed E-state index contributed by atoms with van der Waals surface area (Å²) in [6, 6.07) is 18.7. The molecule has 0 aliphatic heterocycles. The van der Waals surface area contributed by atoms with Crippen molar-refractivity contribution in [3.8, 4) is 0 Å². The third-order valence-electron chi connectivity index (χ3n) is 5.63. The third-order valence-corrected chi connectivity index (χ3v) is 6.67. The lowest BCUT2D eigenvalue weighted by Crippen LogP contribution is -2.39. The number of halogens is 1. The molecule has 6 heteroatoms. The predicted molar refractivity (Wildman–Crippen MR) is 127 cm³/mol. The van der Waals surface area contributed by atoms with Crippen LogP contribution in [0.3, 0.4) is 0 Å². The van der Waals surface area contributed by atoms with Gasteiger partial charge in [-0.3, -0.25) is 9.69 Å². The summed E-state index contributed by atoms with van der Waals surface area (Å²) in [6.45, 7) is 7.39. The Kier molecular flexibility index (Phi) is 6.59. The average Bonchev–Trinajstić information content (AvgIpc) is 3.19. The highest BCUT2D eigenvalue weighted by molar-refractivity contribution is 7.22. The van der Waals surface area contributed by atoms with E-state index in [1.165, 1.54) is 23.5 Å². The summed E-state index contributed by atoms with van der Waals surface area (Å²) < 4.78 is 14.4. The first-order valence-electron chi connectivity index (χ1n) is 10.6. The number of benzene rings is 3. The fourth-order valence-corrected chi connectivity index (χ4v) is 4.85. The SMILES string of the molecule is CCN(CC)CCN(C(=O)Cc1cccc2ccccc12)c1nc2ccc(F)cc2s1. The highest BCUT2D eigenvalue weighted by Crippen LogP contribution is 2.30. The highest BCUT2D eigenvalue weighted by Gasteiger charge is 2.21. The molecule has 0 spiro atoms. The van der Waals surface area contributed by atoms with Crippen molar-refractivity contribution >= 4 is 43.4 Å². The second-order valence-electron chi connectivity index (χ2n) is 7.50. The van der Waals surface area contributed by atoms with Crippen molar-refractivity contribution in [1.29, 1.82) is 0 Å². The summed E-state index contributed by atoms with van der Waals surface area (Å²) in [6.07, 6.45) is 0.296. The van der Waals surface area contributed by atoms with Crippen molar-refractivity contribution in [3.05, 3.63) is 72.0 Å². The number of carbonyl (C=O) groups excluding carboxylic acids is 1. The van der Waals surface area contributed by atoms with E-state index in [1.807, 2.05) is 24.3 Å². The quantitative estimate of drug-likeness (QED) is 0.366. The molecule has 0 saturated heterocycles. The number of fused-ring (bicyclic) bond motifs is 2. The number of likely N-dealkylation sites (N-methyl/N-ethyl adjacent to an activating group) is 1. The first-order valence-corrected chi connectivity index (χ1v) is 11.5. The maximum atomic E-state index is 13.7. The van der Waals surface area contributed by atoms with Crippen LogP contribution < -0.4 is 4.90 Å². The van der Waals surface area contributed by atoms with Gasteiger partial charge in [-0.2, -0.15) is 0 Å². The molecule has 4 nitrogen and oxygen atoms in total. The molecule has 0 aliphatic rings. The lowest BCUT2D eigenvalue weighted by atomic mass is 10.0. The molecular formula is C25H26FN3OS. The van der Waals surface area contributed by atoms with Gasteiger partial charge in [-0.15, -0.1) is 0 Å². The Balaban J connectivity index is 1.66. The minimum Gasteiger partial charge on any atom is -0.302 e. The normalized spacial score (nSPS) is 11.5. The van der Waals surface area contributed by atoms with Crippen LogP contribution >= 0.6 is 11.3 Å². The standard InChI is InChI=1S/C25H26FN3OS/c1-3-28(4-2)14-15-29(25-27-22-13-12-20(26)17-23(22)31-25)24(30)16-19-10-7-9-18-8-5-6-11-21(18)19/h5-13,17H,3-4,14-16H2,1-2H3. The summed E-state index contributed by atoms with van der Waals surface area (Å²) >= 11 is 1.36. The van der Waals surface area contributed by atoms with Crippen molar-refractivity contribution < 1.29 is 9.18 Å². The Labute approximate surface area is 185 Å². The van der Waals surface area contributed by atoms with Gasteiger partial charge >= 0.3 is 0 Å². The van der Waals surface area contributed by atoms with Crippen LogP contribution in [-0.2, 0) is 11.2 Å². The number of anilines is 1. The van der Waals surface area contributed by atoms with Gasteiger partial charge in [0.2, 0.25) is 5.91 Å². The number of thiazole rings is 1. The monoisotopic (exact) mass is 435 g/mol. The van der Waals surface area contributed by atoms with Crippen molar-refractivity contribution in [2.24, 2.45) is 0 Å². The molecule has 4 aromatic rings. The molecule has 0 fully saturated rings. The number of carbonyl (C=O) groups is 1. The lowest BCUT2D eigenvalue weighted by Gasteiger charge is -2.25. The highest BCUT2D eigenvalue weighted by atomic mass is 32.1. The molecule has 31 heavy (non-hydrogen) atoms. The second-order valence-corrected chi connectivity index (χ2v) is 8.50. The molecule has 1 aromatic heterocycles. The summed E-state index contributed by atoms with van der Waals surface area (Å²) in [5, 5.41) is 2.84. The molecule has 0 radical (unpaired) electrons. The summed E-state index contributed by atoms with van der Waals surface area (Å²) in [5.74, 6) is -0.289. The first kappa shape index (κ1) is 21.4. The fraction of sp³-hybridized carbons (Fsp3) is 0.280. The van der Waals surface area contributed by atoms with Crippen LogP contribution in [0.4, 0.5) is 9.52 Å². The van der Waals surface area contributed by atoms with E-state index < -0.39 is 0 Å². The lowest BCUT2D eigenvalue weighted by molar-refractivity contribution is -0.118. The first-order chi connectivity index (χ1) is 15.1. The van der Waals surface area contributed by atoms with Crippen LogP contribution in [0.1, 0.15) is 19.4 Å². The van der Waals surface area contributed by atoms with Crippen molar-refractivity contribution in [3.63, 3.8) is 0 Å². The van der Waals surface area contributed by atoms with Gasteiger partial charge in [-0.1, -0.05) is 67.6 Å². The third kappa shape index (κ3) is 4.75. The molecule has 1 amide bonds. The number of rotatable bonds is 8. The topological polar surface area (TPSA) is 36.4 Å². The number of aromatic nitrogens is 1. The van der Waals surface area contributed by atoms with E-state index in [0.29, 0.717) is 23.6 Å². The Hall–Kier alpha value is -2.83. The van der Waals surface area contributed by atoms with E-state index in [0.717, 1.165) is 40.7 Å². The molecule has 0 aliphatic carbocycles. The Bertz CT molecular complexity index is 1200. The van der Waals surface area contributed by atoms with E-state index in [1.54, 1.807) is 11.0 Å². The summed E-state index contributed by atoms with van der Waals surface area (Å²) in [7, 11) is 0. The zero-order valence-electron chi connectivity index (χ0n) is 17.8. The van der Waals surface area contributed by atoms with Gasteiger partial charge in [0.15, 0.2) is 5.13 Å². The molecule has 1 heterocycles. The van der Waals surface area contributed by atoms with Crippen LogP contribution in [-0.4, -0.2) is 42.0 Å². The van der Waals surface area contributed by atoms with E-state index in [9.17, 15) is 9.18 Å². The van der Waals surface area contributed by atoms with E-state index in [4.69, 9.17) is 0 Å². The smallest absolute Gasteiger partial charge is 0.233 e. The second kappa shape index (κ2) is 9.54. The molecule has 160 valence electrons. The van der Waals surface area contributed by atoms with E-state index in [-0.39, 0.29) is 11.7 Å². The molecular weight excluding hydrogens is 409 g/mol. The van der Waals surface area contributed by atoms with Crippen LogP contribution in [0.2, 0.25) is 0 Å². The average molecular weight is 436 g/mol. The molecule has 0 unspecified atom stereocenters. The Morgan fingerprint density at radius 1 is 1.00 bits per heavy atom. The Morgan fingerprint density at radius 3 is 2.58 bits per heavy atom. The summed E-state index contributed by atoms with van der Waals surface area (Å²) in [5.41, 5.74) is 1.72. The van der Waals surface area contributed by atoms with Gasteiger partial charge in [0.25, 0.3) is 0 Å². The van der Waals surface area contributed by atoms with Crippen molar-refractivity contribution in [2.75, 3.05) is 31.1 Å². The zero-order chi connectivity index (χ0) is 21.8. The summed E-state index contributed by atoms with van der Waals surface area (Å²) in [4.78, 5) is 22.2. The van der Waals surface area contributed by atoms with Crippen LogP contribution in [0.5, 0.6) is 0 Å². The minimum absolute atomic E-state index is 0.00281. The molecule has 0 bridgehead atoms. The molecule has 0 saturated carbocycles. The van der Waals surface area contributed by atoms with Gasteiger partial charge in [0.1, 0.15) is 5.82 Å². The predicted octanol–water partition coefficient (Wildman–Crippen LogP) is 5.51. The largest absolute Gasteiger partial charge is 0.302 e. The van der Waals surface area contributed by atoms with Gasteiger partial charge in [0, 0.05) is 13.1 Å². The van der Waals surface area contributed by atoms with E-state index >= 15 is 0 Å². The van der Waals surface area contributed by atoms with Gasteiger partial charge in [0.05, 0.1) is 16.6 Å². The van der Waals surface area contributed by atoms with Crippen molar-refractivity contribution in [1.82, 2.24) is 9.88 Å². The maximum Gasteiger partial charge on any atom is 0.233 e. The number of hydrogen-bond donors (Lipinski definition) is 0. The zero-order valence-corrected chi connectivity index (χ0v) is 18.7. The fourth-order valence-electron chi connectivity index (χ4n) is 3.82. The van der Waals surface area contributed by atoms with Crippen LogP contribution in [0, 0.1) is 5.82 Å². The molecule has 0 N–H and O–H groups in total. The number of hydrogen-bond acceptors (Lipinski definition) is 4. The minimum atomic E-state index is -0.292. The van der Waals surface area contributed by atoms with Crippen LogP contribution in [0.15, 0.2) is 60.7 Å². The number of nitrogens with zero attached hydrogens (tertiary/aromatic N) is 3. The van der Waals surface area contributed by atoms with Gasteiger partial charge in [-0.25, -0.2) is 9.37 Å². The van der Waals surface area contributed by atoms with E-state index in [2.05, 4.69) is 41.9 Å². The molecule has 3 aromatic carbocycles. The maximum absolute atomic E-state index is 13.7. The van der Waals surface area contributed by atoms with Gasteiger partial charge in [-0.05, 0) is 47.6 Å². The Morgan fingerprint density at radius 2 is 1.77 bits per heavy atom.